The van der Waals surface area contributed by atoms with Gasteiger partial charge in [0.1, 0.15) is 0 Å². The molecule has 0 spiro atoms. The number of methoxy groups -OCH3 is 1. The summed E-state index contributed by atoms with van der Waals surface area (Å²) in [6, 6.07) is 15.1. The van der Waals surface area contributed by atoms with Gasteiger partial charge in [-0.25, -0.2) is 4.98 Å². The summed E-state index contributed by atoms with van der Waals surface area (Å²) in [5.41, 5.74) is 3.41. The number of anilines is 1. The number of hydrogen-bond donors (Lipinski definition) is 0. The number of fused-ring (bicyclic) bond motifs is 1. The van der Waals surface area contributed by atoms with Gasteiger partial charge < -0.3 is 24.0 Å². The van der Waals surface area contributed by atoms with Gasteiger partial charge in [-0.3, -0.25) is 4.79 Å². The topological polar surface area (TPSA) is 77.0 Å². The van der Waals surface area contributed by atoms with Crippen molar-refractivity contribution < 1.29 is 19.0 Å². The van der Waals surface area contributed by atoms with Crippen LogP contribution in [0.25, 0.3) is 0 Å². The fourth-order valence-electron chi connectivity index (χ4n) is 4.32. The van der Waals surface area contributed by atoms with Crippen molar-refractivity contribution in [3.63, 3.8) is 0 Å². The number of hydrogen-bond acceptors (Lipinski definition) is 7. The standard InChI is InChI=1S/C26H28N4O4/c1-18-7-3-4-8-19(18)25(31)30-12-11-21-20(17-30)24(34-23-10-6-5-9-22(23)32-2)28-26(27-21)29-13-15-33-16-14-29/h3-10H,11-17H2,1-2H3. The lowest BCUT2D eigenvalue weighted by atomic mass is 10.0. The molecule has 5 rings (SSSR count). The van der Waals surface area contributed by atoms with Gasteiger partial charge in [0.25, 0.3) is 5.91 Å². The third-order valence-electron chi connectivity index (χ3n) is 6.24. The molecule has 0 unspecified atom stereocenters. The molecule has 2 aromatic carbocycles. The van der Waals surface area contributed by atoms with Gasteiger partial charge in [-0.2, -0.15) is 4.98 Å². The molecule has 1 fully saturated rings. The summed E-state index contributed by atoms with van der Waals surface area (Å²) in [7, 11) is 1.61. The number of amides is 1. The van der Waals surface area contributed by atoms with Crippen LogP contribution in [-0.4, -0.2) is 60.7 Å². The van der Waals surface area contributed by atoms with Gasteiger partial charge in [-0.15, -0.1) is 0 Å². The van der Waals surface area contributed by atoms with Gasteiger partial charge in [0.2, 0.25) is 11.8 Å². The van der Waals surface area contributed by atoms with Crippen LogP contribution in [0.5, 0.6) is 17.4 Å². The van der Waals surface area contributed by atoms with Crippen molar-refractivity contribution in [2.24, 2.45) is 0 Å². The summed E-state index contributed by atoms with van der Waals surface area (Å²) in [6.45, 7) is 5.67. The van der Waals surface area contributed by atoms with Crippen molar-refractivity contribution in [2.45, 2.75) is 19.9 Å². The number of ether oxygens (including phenoxy) is 3. The molecule has 0 N–H and O–H groups in total. The second-order valence-electron chi connectivity index (χ2n) is 8.40. The zero-order valence-corrected chi connectivity index (χ0v) is 19.5. The quantitative estimate of drug-likeness (QED) is 0.576. The molecule has 2 aliphatic heterocycles. The Kier molecular flexibility index (Phi) is 6.31. The second kappa shape index (κ2) is 9.69. The molecule has 8 nitrogen and oxygen atoms in total. The minimum absolute atomic E-state index is 0.00393. The van der Waals surface area contributed by atoms with E-state index < -0.39 is 0 Å². The highest BCUT2D eigenvalue weighted by molar-refractivity contribution is 5.95. The number of aryl methyl sites for hydroxylation is 1. The van der Waals surface area contributed by atoms with E-state index in [1.54, 1.807) is 7.11 Å². The highest BCUT2D eigenvalue weighted by Gasteiger charge is 2.29. The van der Waals surface area contributed by atoms with Crippen molar-refractivity contribution in [1.82, 2.24) is 14.9 Å². The third-order valence-corrected chi connectivity index (χ3v) is 6.24. The number of morpholine rings is 1. The number of rotatable bonds is 5. The predicted molar refractivity (Wildman–Crippen MR) is 128 cm³/mol. The van der Waals surface area contributed by atoms with Gasteiger partial charge in [0.15, 0.2) is 11.5 Å². The maximum Gasteiger partial charge on any atom is 0.254 e. The summed E-state index contributed by atoms with van der Waals surface area (Å²) < 4.78 is 17.3. The van der Waals surface area contributed by atoms with Gasteiger partial charge in [0.05, 0.1) is 38.1 Å². The summed E-state index contributed by atoms with van der Waals surface area (Å²) in [5, 5.41) is 0. The summed E-state index contributed by atoms with van der Waals surface area (Å²) in [6.07, 6.45) is 0.634. The van der Waals surface area contributed by atoms with Crippen molar-refractivity contribution in [2.75, 3.05) is 44.9 Å². The Hall–Kier alpha value is -3.65. The van der Waals surface area contributed by atoms with E-state index in [1.807, 2.05) is 60.4 Å². The zero-order chi connectivity index (χ0) is 23.5. The normalized spacial score (nSPS) is 15.6. The van der Waals surface area contributed by atoms with E-state index in [2.05, 4.69) is 4.90 Å². The van der Waals surface area contributed by atoms with E-state index in [0.29, 0.717) is 61.6 Å². The number of aromatic nitrogens is 2. The summed E-state index contributed by atoms with van der Waals surface area (Å²) >= 11 is 0. The number of nitrogens with zero attached hydrogens (tertiary/aromatic N) is 4. The molecule has 3 aromatic rings. The molecule has 3 heterocycles. The van der Waals surface area contributed by atoms with Crippen LogP contribution in [0.15, 0.2) is 48.5 Å². The second-order valence-corrected chi connectivity index (χ2v) is 8.40. The van der Waals surface area contributed by atoms with Crippen molar-refractivity contribution in [1.29, 1.82) is 0 Å². The molecule has 0 aliphatic carbocycles. The van der Waals surface area contributed by atoms with Gasteiger partial charge in [-0.05, 0) is 30.7 Å². The first-order valence-electron chi connectivity index (χ1n) is 11.5. The molecule has 176 valence electrons. The molecule has 0 atom stereocenters. The molecule has 1 saturated heterocycles. The maximum atomic E-state index is 13.3. The Balaban J connectivity index is 1.51. The van der Waals surface area contributed by atoms with Crippen LogP contribution >= 0.6 is 0 Å². The first-order chi connectivity index (χ1) is 16.6. The summed E-state index contributed by atoms with van der Waals surface area (Å²) in [5.74, 6) is 2.28. The van der Waals surface area contributed by atoms with Crippen molar-refractivity contribution in [3.05, 3.63) is 70.9 Å². The van der Waals surface area contributed by atoms with Crippen LogP contribution in [0.2, 0.25) is 0 Å². The molecule has 2 aliphatic rings. The smallest absolute Gasteiger partial charge is 0.254 e. The zero-order valence-electron chi connectivity index (χ0n) is 19.5. The van der Waals surface area contributed by atoms with E-state index in [9.17, 15) is 4.79 Å². The highest BCUT2D eigenvalue weighted by Crippen LogP contribution is 2.35. The van der Waals surface area contributed by atoms with Crippen LogP contribution in [0.3, 0.4) is 0 Å². The molecule has 1 aromatic heterocycles. The molecular formula is C26H28N4O4. The van der Waals surface area contributed by atoms with Gasteiger partial charge in [0, 0.05) is 31.6 Å². The SMILES string of the molecule is COc1ccccc1Oc1nc(N2CCOCC2)nc2c1CN(C(=O)c1ccccc1C)CC2. The maximum absolute atomic E-state index is 13.3. The molecule has 0 saturated carbocycles. The summed E-state index contributed by atoms with van der Waals surface area (Å²) in [4.78, 5) is 27.0. The molecule has 0 radical (unpaired) electrons. The molecular weight excluding hydrogens is 432 g/mol. The number of carbonyl (C=O) groups excluding carboxylic acids is 1. The minimum atomic E-state index is 0.00393. The number of benzene rings is 2. The molecule has 0 bridgehead atoms. The Morgan fingerprint density at radius 2 is 1.71 bits per heavy atom. The Morgan fingerprint density at radius 3 is 2.47 bits per heavy atom. The van der Waals surface area contributed by atoms with Gasteiger partial charge in [-0.1, -0.05) is 30.3 Å². The largest absolute Gasteiger partial charge is 0.493 e. The molecule has 34 heavy (non-hydrogen) atoms. The fraction of sp³-hybridized carbons (Fsp3) is 0.346. The van der Waals surface area contributed by atoms with Crippen molar-refractivity contribution >= 4 is 11.9 Å². The van der Waals surface area contributed by atoms with Gasteiger partial charge >= 0.3 is 0 Å². The number of para-hydroxylation sites is 2. The van der Waals surface area contributed by atoms with Crippen LogP contribution in [0.4, 0.5) is 5.95 Å². The molecule has 1 amide bonds. The van der Waals surface area contributed by atoms with Crippen LogP contribution in [0.1, 0.15) is 27.2 Å². The van der Waals surface area contributed by atoms with E-state index in [1.165, 1.54) is 0 Å². The van der Waals surface area contributed by atoms with E-state index in [-0.39, 0.29) is 5.91 Å². The first kappa shape index (κ1) is 22.2. The lowest BCUT2D eigenvalue weighted by Crippen LogP contribution is -2.39. The molecule has 8 heteroatoms. The lowest BCUT2D eigenvalue weighted by Gasteiger charge is -2.32. The third kappa shape index (κ3) is 4.41. The predicted octanol–water partition coefficient (Wildman–Crippen LogP) is 3.62. The average Bonchev–Trinajstić information content (AvgIpc) is 2.89. The van der Waals surface area contributed by atoms with E-state index in [0.717, 1.165) is 29.9 Å². The van der Waals surface area contributed by atoms with E-state index >= 15 is 0 Å². The van der Waals surface area contributed by atoms with Crippen LogP contribution < -0.4 is 14.4 Å². The van der Waals surface area contributed by atoms with Crippen LogP contribution in [-0.2, 0) is 17.7 Å². The monoisotopic (exact) mass is 460 g/mol. The highest BCUT2D eigenvalue weighted by atomic mass is 16.5. The lowest BCUT2D eigenvalue weighted by molar-refractivity contribution is 0.0731. The minimum Gasteiger partial charge on any atom is -0.493 e. The Labute approximate surface area is 199 Å². The fourth-order valence-corrected chi connectivity index (χ4v) is 4.32. The average molecular weight is 461 g/mol. The Bertz CT molecular complexity index is 1190. The Morgan fingerprint density at radius 1 is 0.971 bits per heavy atom. The van der Waals surface area contributed by atoms with Crippen molar-refractivity contribution in [3.8, 4) is 17.4 Å². The van der Waals surface area contributed by atoms with E-state index in [4.69, 9.17) is 24.2 Å². The van der Waals surface area contributed by atoms with Crippen LogP contribution in [0, 0.1) is 6.92 Å². The number of carbonyl (C=O) groups is 1. The first-order valence-corrected chi connectivity index (χ1v) is 11.5.